The Morgan fingerprint density at radius 3 is 2.63 bits per heavy atom. The van der Waals surface area contributed by atoms with Crippen LogP contribution in [0.5, 0.6) is 0 Å². The van der Waals surface area contributed by atoms with E-state index in [0.29, 0.717) is 16.3 Å². The molecule has 0 aliphatic rings. The zero-order valence-electron chi connectivity index (χ0n) is 10.2. The Bertz CT molecular complexity index is 616. The second-order valence-corrected chi connectivity index (χ2v) is 5.14. The molecule has 2 N–H and O–H groups in total. The van der Waals surface area contributed by atoms with E-state index in [9.17, 15) is 4.79 Å². The summed E-state index contributed by atoms with van der Waals surface area (Å²) in [6, 6.07) is 12.6. The van der Waals surface area contributed by atoms with E-state index in [1.54, 1.807) is 31.3 Å². The van der Waals surface area contributed by atoms with Gasteiger partial charge in [0.2, 0.25) is 0 Å². The highest BCUT2D eigenvalue weighted by molar-refractivity contribution is 9.10. The van der Waals surface area contributed by atoms with E-state index >= 15 is 0 Å². The molecule has 19 heavy (non-hydrogen) atoms. The lowest BCUT2D eigenvalue weighted by Gasteiger charge is -2.10. The Morgan fingerprint density at radius 2 is 1.95 bits per heavy atom. The van der Waals surface area contributed by atoms with Gasteiger partial charge in [0, 0.05) is 22.9 Å². The van der Waals surface area contributed by atoms with Crippen molar-refractivity contribution in [3.8, 4) is 0 Å². The molecule has 2 aromatic carbocycles. The van der Waals surface area contributed by atoms with Gasteiger partial charge in [-0.05, 0) is 46.3 Å². The monoisotopic (exact) mass is 338 g/mol. The van der Waals surface area contributed by atoms with E-state index in [1.807, 2.05) is 18.2 Å². The van der Waals surface area contributed by atoms with E-state index in [-0.39, 0.29) is 5.91 Å². The van der Waals surface area contributed by atoms with Crippen molar-refractivity contribution in [3.63, 3.8) is 0 Å². The van der Waals surface area contributed by atoms with Crippen LogP contribution in [-0.4, -0.2) is 13.0 Å². The van der Waals surface area contributed by atoms with Gasteiger partial charge in [-0.25, -0.2) is 0 Å². The average molecular weight is 340 g/mol. The minimum atomic E-state index is -0.167. The number of rotatable bonds is 3. The Balaban J connectivity index is 2.23. The lowest BCUT2D eigenvalue weighted by molar-refractivity contribution is 0.102. The number of anilines is 2. The predicted octanol–water partition coefficient (Wildman–Crippen LogP) is 4.40. The number of halogens is 2. The number of para-hydroxylation sites is 1. The fourth-order valence-electron chi connectivity index (χ4n) is 1.67. The fraction of sp³-hybridized carbons (Fsp3) is 0.0714. The van der Waals surface area contributed by atoms with Crippen molar-refractivity contribution in [1.29, 1.82) is 0 Å². The van der Waals surface area contributed by atoms with Crippen molar-refractivity contribution in [2.75, 3.05) is 17.7 Å². The largest absolute Gasteiger partial charge is 0.387 e. The molecule has 0 aromatic heterocycles. The summed E-state index contributed by atoms with van der Waals surface area (Å²) in [5, 5.41) is 6.43. The topological polar surface area (TPSA) is 41.1 Å². The van der Waals surface area contributed by atoms with E-state index < -0.39 is 0 Å². The van der Waals surface area contributed by atoms with Crippen LogP contribution in [0.2, 0.25) is 5.02 Å². The molecule has 0 aliphatic carbocycles. The predicted molar refractivity (Wildman–Crippen MR) is 83.1 cm³/mol. The number of nitrogens with one attached hydrogen (secondary N) is 2. The highest BCUT2D eigenvalue weighted by atomic mass is 79.9. The van der Waals surface area contributed by atoms with Crippen molar-refractivity contribution in [2.24, 2.45) is 0 Å². The number of hydrogen-bond donors (Lipinski definition) is 2. The summed E-state index contributed by atoms with van der Waals surface area (Å²) in [4.78, 5) is 12.2. The molecule has 0 heterocycles. The Labute approximate surface area is 125 Å². The molecule has 1 amide bonds. The van der Waals surface area contributed by atoms with Crippen LogP contribution in [0.25, 0.3) is 0 Å². The van der Waals surface area contributed by atoms with Gasteiger partial charge in [0.25, 0.3) is 5.91 Å². The van der Waals surface area contributed by atoms with E-state index in [4.69, 9.17) is 11.6 Å². The van der Waals surface area contributed by atoms with E-state index in [2.05, 4.69) is 26.6 Å². The van der Waals surface area contributed by atoms with E-state index in [0.717, 1.165) is 10.2 Å². The number of benzene rings is 2. The quantitative estimate of drug-likeness (QED) is 0.870. The molecule has 0 spiro atoms. The van der Waals surface area contributed by atoms with Gasteiger partial charge in [0.05, 0.1) is 10.6 Å². The minimum Gasteiger partial charge on any atom is -0.387 e. The summed E-state index contributed by atoms with van der Waals surface area (Å²) in [7, 11) is 1.78. The lowest BCUT2D eigenvalue weighted by atomic mass is 10.1. The molecule has 0 saturated heterocycles. The molecular formula is C14H12BrClN2O. The molecule has 5 heteroatoms. The number of carbonyl (C=O) groups is 1. The molecule has 0 radical (unpaired) electrons. The first kappa shape index (κ1) is 13.9. The zero-order valence-corrected chi connectivity index (χ0v) is 12.5. The van der Waals surface area contributed by atoms with Crippen molar-refractivity contribution in [3.05, 3.63) is 57.5 Å². The molecule has 0 aliphatic heterocycles. The smallest absolute Gasteiger partial charge is 0.257 e. The van der Waals surface area contributed by atoms with Gasteiger partial charge < -0.3 is 10.6 Å². The third kappa shape index (κ3) is 3.28. The van der Waals surface area contributed by atoms with Crippen molar-refractivity contribution < 1.29 is 4.79 Å². The SMILES string of the molecule is CNc1ccccc1C(=O)Nc1ccc(Cl)c(Br)c1. The molecule has 0 fully saturated rings. The van der Waals surface area contributed by atoms with Gasteiger partial charge in [-0.15, -0.1) is 0 Å². The summed E-state index contributed by atoms with van der Waals surface area (Å²) in [5.41, 5.74) is 2.07. The summed E-state index contributed by atoms with van der Waals surface area (Å²) < 4.78 is 0.744. The van der Waals surface area contributed by atoms with Crippen LogP contribution in [0.3, 0.4) is 0 Å². The van der Waals surface area contributed by atoms with Gasteiger partial charge in [-0.3, -0.25) is 4.79 Å². The molecule has 2 rings (SSSR count). The normalized spacial score (nSPS) is 10.1. The minimum absolute atomic E-state index is 0.167. The number of amides is 1. The highest BCUT2D eigenvalue weighted by Crippen LogP contribution is 2.26. The Hall–Kier alpha value is -1.52. The Kier molecular flexibility index (Phi) is 4.45. The first-order valence-electron chi connectivity index (χ1n) is 5.65. The maximum absolute atomic E-state index is 12.2. The Morgan fingerprint density at radius 1 is 1.21 bits per heavy atom. The second kappa shape index (κ2) is 6.08. The first-order valence-corrected chi connectivity index (χ1v) is 6.82. The number of carbonyl (C=O) groups excluding carboxylic acids is 1. The van der Waals surface area contributed by atoms with Crippen LogP contribution >= 0.6 is 27.5 Å². The third-order valence-electron chi connectivity index (χ3n) is 2.62. The van der Waals surface area contributed by atoms with Crippen LogP contribution < -0.4 is 10.6 Å². The molecular weight excluding hydrogens is 328 g/mol. The van der Waals surface area contributed by atoms with Crippen LogP contribution in [0, 0.1) is 0 Å². The molecule has 3 nitrogen and oxygen atoms in total. The van der Waals surface area contributed by atoms with Crippen molar-refractivity contribution in [1.82, 2.24) is 0 Å². The van der Waals surface area contributed by atoms with Gasteiger partial charge in [0.1, 0.15) is 0 Å². The highest BCUT2D eigenvalue weighted by Gasteiger charge is 2.10. The van der Waals surface area contributed by atoms with Gasteiger partial charge in [-0.2, -0.15) is 0 Å². The molecule has 98 valence electrons. The van der Waals surface area contributed by atoms with Crippen LogP contribution in [0.15, 0.2) is 46.9 Å². The zero-order chi connectivity index (χ0) is 13.8. The second-order valence-electron chi connectivity index (χ2n) is 3.88. The summed E-state index contributed by atoms with van der Waals surface area (Å²) in [5.74, 6) is -0.167. The van der Waals surface area contributed by atoms with Crippen molar-refractivity contribution >= 4 is 44.8 Å². The average Bonchev–Trinajstić information content (AvgIpc) is 2.43. The molecule has 0 atom stereocenters. The maximum Gasteiger partial charge on any atom is 0.257 e. The molecule has 0 bridgehead atoms. The van der Waals surface area contributed by atoms with E-state index in [1.165, 1.54) is 0 Å². The maximum atomic E-state index is 12.2. The lowest BCUT2D eigenvalue weighted by Crippen LogP contribution is -2.13. The molecule has 0 saturated carbocycles. The standard InChI is InChI=1S/C14H12BrClN2O/c1-17-13-5-3-2-4-10(13)14(19)18-9-6-7-12(16)11(15)8-9/h2-8,17H,1H3,(H,18,19). The summed E-state index contributed by atoms with van der Waals surface area (Å²) in [6.45, 7) is 0. The van der Waals surface area contributed by atoms with Crippen molar-refractivity contribution in [2.45, 2.75) is 0 Å². The van der Waals surface area contributed by atoms with Gasteiger partial charge in [-0.1, -0.05) is 23.7 Å². The summed E-state index contributed by atoms with van der Waals surface area (Å²) in [6.07, 6.45) is 0. The number of hydrogen-bond acceptors (Lipinski definition) is 2. The third-order valence-corrected chi connectivity index (χ3v) is 3.83. The summed E-state index contributed by atoms with van der Waals surface area (Å²) >= 11 is 9.24. The van der Waals surface area contributed by atoms with Crippen LogP contribution in [0.1, 0.15) is 10.4 Å². The van der Waals surface area contributed by atoms with Gasteiger partial charge >= 0.3 is 0 Å². The first-order chi connectivity index (χ1) is 9.11. The van der Waals surface area contributed by atoms with Gasteiger partial charge in [0.15, 0.2) is 0 Å². The van der Waals surface area contributed by atoms with Crippen LogP contribution in [0.4, 0.5) is 11.4 Å². The molecule has 0 unspecified atom stereocenters. The fourth-order valence-corrected chi connectivity index (χ4v) is 2.17. The molecule has 2 aromatic rings. The van der Waals surface area contributed by atoms with Crippen LogP contribution in [-0.2, 0) is 0 Å².